The number of nitrogens with zero attached hydrogens (tertiary/aromatic N) is 4. The summed E-state index contributed by atoms with van der Waals surface area (Å²) in [5, 5.41) is 11.3. The maximum atomic E-state index is 12.5. The van der Waals surface area contributed by atoms with Crippen LogP contribution in [0.5, 0.6) is 5.75 Å². The third-order valence-electron chi connectivity index (χ3n) is 4.83. The fraction of sp³-hybridized carbons (Fsp3) is 0.0952. The van der Waals surface area contributed by atoms with E-state index in [1.54, 1.807) is 7.05 Å². The molecule has 0 saturated heterocycles. The highest BCUT2D eigenvalue weighted by Gasteiger charge is 2.14. The second-order valence-electron chi connectivity index (χ2n) is 6.57. The van der Waals surface area contributed by atoms with Crippen LogP contribution in [0, 0.1) is 0 Å². The lowest BCUT2D eigenvalue weighted by Gasteiger charge is -2.09. The largest absolute Gasteiger partial charge is 0.486 e. The number of aromatic nitrogens is 4. The van der Waals surface area contributed by atoms with Crippen LogP contribution in [0.1, 0.15) is 5.82 Å². The van der Waals surface area contributed by atoms with Crippen molar-refractivity contribution in [1.82, 2.24) is 19.2 Å². The molecule has 0 saturated carbocycles. The zero-order valence-corrected chi connectivity index (χ0v) is 16.5. The zero-order chi connectivity index (χ0) is 19.3. The number of rotatable bonds is 3. The second-order valence-corrected chi connectivity index (χ2v) is 7.49. The van der Waals surface area contributed by atoms with E-state index in [4.69, 9.17) is 4.74 Å². The van der Waals surface area contributed by atoms with Gasteiger partial charge in [-0.05, 0) is 47.2 Å². The lowest BCUT2D eigenvalue weighted by atomic mass is 10.1. The molecule has 0 unspecified atom stereocenters. The van der Waals surface area contributed by atoms with E-state index in [0.717, 1.165) is 26.5 Å². The molecule has 0 fully saturated rings. The lowest BCUT2D eigenvalue weighted by molar-refractivity contribution is 0.295. The number of halogens is 1. The average Bonchev–Trinajstić information content (AvgIpc) is 3.14. The summed E-state index contributed by atoms with van der Waals surface area (Å²) in [6.45, 7) is 0.241. The van der Waals surface area contributed by atoms with Gasteiger partial charge in [0.1, 0.15) is 12.4 Å². The van der Waals surface area contributed by atoms with E-state index in [0.29, 0.717) is 17.0 Å². The first-order chi connectivity index (χ1) is 13.6. The minimum Gasteiger partial charge on any atom is -0.486 e. The van der Waals surface area contributed by atoms with Gasteiger partial charge in [-0.2, -0.15) is 0 Å². The predicted octanol–water partition coefficient (Wildman–Crippen LogP) is 4.08. The summed E-state index contributed by atoms with van der Waals surface area (Å²) in [4.78, 5) is 12.5. The van der Waals surface area contributed by atoms with Crippen molar-refractivity contribution in [2.24, 2.45) is 7.05 Å². The molecule has 5 aromatic rings. The van der Waals surface area contributed by atoms with Crippen LogP contribution in [0.15, 0.2) is 69.9 Å². The molecule has 0 bridgehead atoms. The Balaban J connectivity index is 1.56. The molecular weight excluding hydrogens is 420 g/mol. The van der Waals surface area contributed by atoms with Gasteiger partial charge in [-0.25, -0.2) is 0 Å². The lowest BCUT2D eigenvalue weighted by Crippen LogP contribution is -2.20. The van der Waals surface area contributed by atoms with Crippen molar-refractivity contribution < 1.29 is 4.74 Å². The highest BCUT2D eigenvalue weighted by molar-refractivity contribution is 9.10. The second kappa shape index (κ2) is 6.45. The Kier molecular flexibility index (Phi) is 3.91. The van der Waals surface area contributed by atoms with Crippen molar-refractivity contribution in [1.29, 1.82) is 0 Å². The molecule has 0 amide bonds. The molecule has 2 aromatic heterocycles. The molecule has 0 atom stereocenters. The summed E-state index contributed by atoms with van der Waals surface area (Å²) in [7, 11) is 1.70. The van der Waals surface area contributed by atoms with Crippen molar-refractivity contribution in [3.63, 3.8) is 0 Å². The van der Waals surface area contributed by atoms with Crippen LogP contribution in [0.2, 0.25) is 0 Å². The quantitative estimate of drug-likeness (QED) is 0.429. The zero-order valence-electron chi connectivity index (χ0n) is 15.0. The molecule has 0 N–H and O–H groups in total. The number of para-hydroxylation sites is 1. The van der Waals surface area contributed by atoms with E-state index >= 15 is 0 Å². The fourth-order valence-corrected chi connectivity index (χ4v) is 3.80. The molecule has 2 heterocycles. The molecule has 0 aliphatic heterocycles. The maximum absolute atomic E-state index is 12.5. The first-order valence-electron chi connectivity index (χ1n) is 8.76. The molecule has 3 aromatic carbocycles. The summed E-state index contributed by atoms with van der Waals surface area (Å²) in [6, 6.07) is 19.5. The van der Waals surface area contributed by atoms with E-state index in [-0.39, 0.29) is 12.2 Å². The SMILES string of the molecule is Cn1c(=O)c2ccccc2n2c(COc3ccc4cc(Br)ccc4c3)nnc12. The molecule has 7 heteroatoms. The van der Waals surface area contributed by atoms with Crippen molar-refractivity contribution in [3.8, 4) is 5.75 Å². The van der Waals surface area contributed by atoms with Crippen LogP contribution in [0.25, 0.3) is 27.5 Å². The van der Waals surface area contributed by atoms with Gasteiger partial charge in [0.05, 0.1) is 10.9 Å². The van der Waals surface area contributed by atoms with Gasteiger partial charge in [0, 0.05) is 11.5 Å². The minimum atomic E-state index is -0.0938. The predicted molar refractivity (Wildman–Crippen MR) is 112 cm³/mol. The normalized spacial score (nSPS) is 11.5. The van der Waals surface area contributed by atoms with E-state index in [1.807, 2.05) is 59.0 Å². The number of benzene rings is 3. The van der Waals surface area contributed by atoms with Gasteiger partial charge in [-0.15, -0.1) is 10.2 Å². The van der Waals surface area contributed by atoms with E-state index in [1.165, 1.54) is 4.57 Å². The van der Waals surface area contributed by atoms with Crippen molar-refractivity contribution in [2.45, 2.75) is 6.61 Å². The number of fused-ring (bicyclic) bond motifs is 4. The van der Waals surface area contributed by atoms with Crippen LogP contribution in [0.4, 0.5) is 0 Å². The molecule has 138 valence electrons. The number of aryl methyl sites for hydroxylation is 1. The monoisotopic (exact) mass is 434 g/mol. The molecule has 0 spiro atoms. The standard InChI is InChI=1S/C21H15BrN4O2/c1-25-20(27)17-4-2-3-5-18(17)26-19(23-24-21(25)26)12-28-16-9-7-13-10-15(22)8-6-14(13)11-16/h2-11H,12H2,1H3. The van der Waals surface area contributed by atoms with Crippen LogP contribution >= 0.6 is 15.9 Å². The molecule has 0 aliphatic rings. The van der Waals surface area contributed by atoms with Gasteiger partial charge in [0.25, 0.3) is 5.56 Å². The number of hydrogen-bond acceptors (Lipinski definition) is 4. The van der Waals surface area contributed by atoms with Crippen molar-refractivity contribution >= 4 is 43.4 Å². The van der Waals surface area contributed by atoms with Crippen LogP contribution in [-0.4, -0.2) is 19.2 Å². The van der Waals surface area contributed by atoms with Gasteiger partial charge in [0.15, 0.2) is 5.82 Å². The summed E-state index contributed by atoms with van der Waals surface area (Å²) in [5.74, 6) is 1.88. The Morgan fingerprint density at radius 1 is 1.00 bits per heavy atom. The topological polar surface area (TPSA) is 61.4 Å². The van der Waals surface area contributed by atoms with Crippen LogP contribution < -0.4 is 10.3 Å². The van der Waals surface area contributed by atoms with Gasteiger partial charge >= 0.3 is 0 Å². The summed E-state index contributed by atoms with van der Waals surface area (Å²) in [6.07, 6.45) is 0. The number of hydrogen-bond donors (Lipinski definition) is 0. The van der Waals surface area contributed by atoms with Crippen LogP contribution in [-0.2, 0) is 13.7 Å². The summed E-state index contributed by atoms with van der Waals surface area (Å²) < 4.78 is 10.4. The van der Waals surface area contributed by atoms with E-state index in [9.17, 15) is 4.79 Å². The average molecular weight is 435 g/mol. The third kappa shape index (κ3) is 2.66. The smallest absolute Gasteiger partial charge is 0.262 e. The Morgan fingerprint density at radius 2 is 1.79 bits per heavy atom. The van der Waals surface area contributed by atoms with Gasteiger partial charge in [-0.3, -0.25) is 13.8 Å². The Morgan fingerprint density at radius 3 is 2.68 bits per heavy atom. The number of ether oxygens (including phenoxy) is 1. The Bertz CT molecular complexity index is 1420. The molecule has 0 aliphatic carbocycles. The van der Waals surface area contributed by atoms with E-state index in [2.05, 4.69) is 32.2 Å². The van der Waals surface area contributed by atoms with Gasteiger partial charge in [0.2, 0.25) is 5.78 Å². The molecule has 28 heavy (non-hydrogen) atoms. The first-order valence-corrected chi connectivity index (χ1v) is 9.55. The van der Waals surface area contributed by atoms with Crippen molar-refractivity contribution in [3.05, 3.63) is 81.3 Å². The first kappa shape index (κ1) is 16.9. The fourth-order valence-electron chi connectivity index (χ4n) is 3.42. The maximum Gasteiger partial charge on any atom is 0.262 e. The van der Waals surface area contributed by atoms with Gasteiger partial charge < -0.3 is 4.74 Å². The Hall–Kier alpha value is -3.19. The molecular formula is C21H15BrN4O2. The summed E-state index contributed by atoms with van der Waals surface area (Å²) >= 11 is 3.49. The molecule has 5 rings (SSSR count). The van der Waals surface area contributed by atoms with Crippen molar-refractivity contribution in [2.75, 3.05) is 0 Å². The molecule has 6 nitrogen and oxygen atoms in total. The Labute approximate surface area is 168 Å². The molecule has 0 radical (unpaired) electrons. The highest BCUT2D eigenvalue weighted by atomic mass is 79.9. The van der Waals surface area contributed by atoms with E-state index < -0.39 is 0 Å². The van der Waals surface area contributed by atoms with Gasteiger partial charge in [-0.1, -0.05) is 40.2 Å². The van der Waals surface area contributed by atoms with Crippen LogP contribution in [0.3, 0.4) is 0 Å². The minimum absolute atomic E-state index is 0.0938. The summed E-state index contributed by atoms with van der Waals surface area (Å²) in [5.41, 5.74) is 0.677. The highest BCUT2D eigenvalue weighted by Crippen LogP contribution is 2.25. The third-order valence-corrected chi connectivity index (χ3v) is 5.33.